The standard InChI is InChI=1S/C27H31N3O3/c1-16-8-10-18(11-9-16)22-20-14-19(15-28)30-13-12-29(6)23(24(20)30)17(2)21(22)25(26(31)32-7)33-27(3,4)5/h8-11,14,25H,12-13H2,1-7H3/t25-/m0/s1. The maximum atomic E-state index is 13.1. The Bertz CT molecular complexity index is 1270. The number of methoxy groups -OCH3 is 1. The molecule has 1 atom stereocenters. The van der Waals surface area contributed by atoms with Crippen molar-refractivity contribution in [3.05, 3.63) is 52.7 Å². The summed E-state index contributed by atoms with van der Waals surface area (Å²) in [6, 6.07) is 12.6. The van der Waals surface area contributed by atoms with Crippen LogP contribution in [0.1, 0.15) is 49.3 Å². The van der Waals surface area contributed by atoms with Gasteiger partial charge in [0.25, 0.3) is 0 Å². The summed E-state index contributed by atoms with van der Waals surface area (Å²) in [5.41, 5.74) is 6.89. The zero-order chi connectivity index (χ0) is 24.1. The summed E-state index contributed by atoms with van der Waals surface area (Å²) in [6.45, 7) is 11.4. The van der Waals surface area contributed by atoms with Gasteiger partial charge in [0.2, 0.25) is 0 Å². The highest BCUT2D eigenvalue weighted by molar-refractivity contribution is 6.08. The normalized spacial score (nSPS) is 14.3. The summed E-state index contributed by atoms with van der Waals surface area (Å²) in [5.74, 6) is -0.439. The average Bonchev–Trinajstić information content (AvgIpc) is 3.13. The van der Waals surface area contributed by atoms with Crippen LogP contribution in [0.4, 0.5) is 5.69 Å². The number of nitriles is 1. The lowest BCUT2D eigenvalue weighted by Gasteiger charge is -2.34. The van der Waals surface area contributed by atoms with Crippen LogP contribution in [0, 0.1) is 25.2 Å². The minimum absolute atomic E-state index is 0.439. The fourth-order valence-electron chi connectivity index (χ4n) is 4.83. The molecule has 3 aromatic rings. The molecule has 0 spiro atoms. The van der Waals surface area contributed by atoms with Crippen LogP contribution < -0.4 is 4.90 Å². The van der Waals surface area contributed by atoms with Gasteiger partial charge in [0.05, 0.1) is 23.9 Å². The van der Waals surface area contributed by atoms with E-state index in [1.165, 1.54) is 7.11 Å². The second kappa shape index (κ2) is 8.24. The van der Waals surface area contributed by atoms with Crippen LogP contribution in [0.3, 0.4) is 0 Å². The molecule has 0 saturated heterocycles. The topological polar surface area (TPSA) is 67.5 Å². The number of aryl methyl sites for hydroxylation is 1. The molecule has 0 N–H and O–H groups in total. The minimum Gasteiger partial charge on any atom is -0.467 e. The van der Waals surface area contributed by atoms with Gasteiger partial charge in [0.15, 0.2) is 6.10 Å². The Kier molecular flexibility index (Phi) is 5.71. The number of carbonyl (C=O) groups is 1. The lowest BCUT2D eigenvalue weighted by molar-refractivity contribution is -0.164. The van der Waals surface area contributed by atoms with E-state index in [-0.39, 0.29) is 0 Å². The molecule has 172 valence electrons. The average molecular weight is 446 g/mol. The third-order valence-corrected chi connectivity index (χ3v) is 6.26. The maximum Gasteiger partial charge on any atom is 0.339 e. The number of carbonyl (C=O) groups excluding carboxylic acids is 1. The Morgan fingerprint density at radius 3 is 2.39 bits per heavy atom. The summed E-state index contributed by atoms with van der Waals surface area (Å²) in [5, 5.41) is 10.8. The Hall–Kier alpha value is -3.30. The predicted octanol–water partition coefficient (Wildman–Crippen LogP) is 5.28. The number of rotatable bonds is 4. The van der Waals surface area contributed by atoms with Gasteiger partial charge in [-0.1, -0.05) is 29.8 Å². The van der Waals surface area contributed by atoms with Gasteiger partial charge in [-0.2, -0.15) is 5.26 Å². The zero-order valence-corrected chi connectivity index (χ0v) is 20.4. The van der Waals surface area contributed by atoms with Gasteiger partial charge in [-0.25, -0.2) is 4.79 Å². The maximum absolute atomic E-state index is 13.1. The van der Waals surface area contributed by atoms with Crippen LogP contribution in [-0.2, 0) is 20.8 Å². The zero-order valence-electron chi connectivity index (χ0n) is 20.4. The van der Waals surface area contributed by atoms with Gasteiger partial charge < -0.3 is 18.9 Å². The first-order chi connectivity index (χ1) is 15.6. The van der Waals surface area contributed by atoms with Crippen molar-refractivity contribution in [3.63, 3.8) is 0 Å². The highest BCUT2D eigenvalue weighted by Gasteiger charge is 2.36. The van der Waals surface area contributed by atoms with Gasteiger partial charge in [-0.15, -0.1) is 0 Å². The number of aromatic nitrogens is 1. The van der Waals surface area contributed by atoms with Crippen molar-refractivity contribution in [2.45, 2.75) is 52.9 Å². The van der Waals surface area contributed by atoms with Gasteiger partial charge in [-0.3, -0.25) is 0 Å². The van der Waals surface area contributed by atoms with E-state index in [0.717, 1.165) is 57.5 Å². The van der Waals surface area contributed by atoms with Crippen molar-refractivity contribution in [1.29, 1.82) is 5.26 Å². The molecule has 0 fully saturated rings. The third-order valence-electron chi connectivity index (χ3n) is 6.26. The van der Waals surface area contributed by atoms with Crippen molar-refractivity contribution in [2.75, 3.05) is 25.6 Å². The molecule has 1 aromatic heterocycles. The fraction of sp³-hybridized carbons (Fsp3) is 0.407. The lowest BCUT2D eigenvalue weighted by Crippen LogP contribution is -2.32. The minimum atomic E-state index is -0.906. The van der Waals surface area contributed by atoms with Crippen LogP contribution in [0.5, 0.6) is 0 Å². The number of esters is 1. The van der Waals surface area contributed by atoms with E-state index >= 15 is 0 Å². The van der Waals surface area contributed by atoms with Crippen molar-refractivity contribution >= 4 is 22.6 Å². The predicted molar refractivity (Wildman–Crippen MR) is 130 cm³/mol. The molecule has 0 aliphatic carbocycles. The first-order valence-corrected chi connectivity index (χ1v) is 11.2. The van der Waals surface area contributed by atoms with E-state index < -0.39 is 17.7 Å². The SMILES string of the molecule is COC(=O)[C@@H](OC(C)(C)C)c1c(C)c2c3c(cc(C#N)n3CCN2C)c1-c1ccc(C)cc1. The monoisotopic (exact) mass is 445 g/mol. The second-order valence-corrected chi connectivity index (χ2v) is 9.74. The summed E-state index contributed by atoms with van der Waals surface area (Å²) < 4.78 is 13.7. The summed E-state index contributed by atoms with van der Waals surface area (Å²) in [4.78, 5) is 15.3. The van der Waals surface area contributed by atoms with Gasteiger partial charge >= 0.3 is 5.97 Å². The second-order valence-electron chi connectivity index (χ2n) is 9.74. The van der Waals surface area contributed by atoms with E-state index in [9.17, 15) is 10.1 Å². The quantitative estimate of drug-likeness (QED) is 0.512. The number of ether oxygens (including phenoxy) is 2. The van der Waals surface area contributed by atoms with Crippen LogP contribution in [0.2, 0.25) is 0 Å². The van der Waals surface area contributed by atoms with Crippen LogP contribution >= 0.6 is 0 Å². The molecule has 6 heteroatoms. The number of benzene rings is 2. The molecule has 1 aliphatic rings. The highest BCUT2D eigenvalue weighted by Crippen LogP contribution is 2.47. The van der Waals surface area contributed by atoms with Gasteiger partial charge in [-0.05, 0) is 57.4 Å². The Morgan fingerprint density at radius 1 is 1.15 bits per heavy atom. The molecule has 0 amide bonds. The number of likely N-dealkylation sites (N-methyl/N-ethyl adjacent to an activating group) is 1. The first kappa shape index (κ1) is 22.9. The lowest BCUT2D eigenvalue weighted by atomic mass is 9.87. The molecular weight excluding hydrogens is 414 g/mol. The van der Waals surface area contributed by atoms with E-state index in [1.54, 1.807) is 0 Å². The first-order valence-electron chi connectivity index (χ1n) is 11.2. The van der Waals surface area contributed by atoms with E-state index in [1.807, 2.05) is 40.7 Å². The molecule has 0 radical (unpaired) electrons. The van der Waals surface area contributed by atoms with Crippen molar-refractivity contribution < 1.29 is 14.3 Å². The largest absolute Gasteiger partial charge is 0.467 e. The molecule has 33 heavy (non-hydrogen) atoms. The summed E-state index contributed by atoms with van der Waals surface area (Å²) in [6.07, 6.45) is -0.906. The molecule has 2 aromatic carbocycles. The molecule has 0 unspecified atom stereocenters. The molecule has 0 saturated carbocycles. The number of hydrogen-bond acceptors (Lipinski definition) is 5. The molecular formula is C27H31N3O3. The van der Waals surface area contributed by atoms with Crippen LogP contribution in [0.25, 0.3) is 22.0 Å². The Labute approximate surface area is 195 Å². The third kappa shape index (κ3) is 3.87. The number of hydrogen-bond donors (Lipinski definition) is 0. The van der Waals surface area contributed by atoms with Gasteiger partial charge in [0.1, 0.15) is 11.8 Å². The van der Waals surface area contributed by atoms with Crippen molar-refractivity contribution in [3.8, 4) is 17.2 Å². The van der Waals surface area contributed by atoms with Gasteiger partial charge in [0, 0.05) is 31.1 Å². The Balaban J connectivity index is 2.18. The molecule has 4 rings (SSSR count). The van der Waals surface area contributed by atoms with E-state index in [0.29, 0.717) is 5.69 Å². The Morgan fingerprint density at radius 2 is 1.82 bits per heavy atom. The van der Waals surface area contributed by atoms with Crippen LogP contribution in [-0.4, -0.2) is 36.8 Å². The molecule has 6 nitrogen and oxygen atoms in total. The molecule has 1 aliphatic heterocycles. The summed E-state index contributed by atoms with van der Waals surface area (Å²) >= 11 is 0. The van der Waals surface area contributed by atoms with Crippen LogP contribution in [0.15, 0.2) is 30.3 Å². The highest BCUT2D eigenvalue weighted by atomic mass is 16.6. The van der Waals surface area contributed by atoms with E-state index in [4.69, 9.17) is 9.47 Å². The fourth-order valence-corrected chi connectivity index (χ4v) is 4.83. The molecule has 0 bridgehead atoms. The number of anilines is 1. The van der Waals surface area contributed by atoms with Crippen molar-refractivity contribution in [2.24, 2.45) is 0 Å². The van der Waals surface area contributed by atoms with Crippen molar-refractivity contribution in [1.82, 2.24) is 4.57 Å². The summed E-state index contributed by atoms with van der Waals surface area (Å²) in [7, 11) is 3.44. The number of nitrogens with zero attached hydrogens (tertiary/aromatic N) is 3. The molecule has 2 heterocycles. The van der Waals surface area contributed by atoms with E-state index in [2.05, 4.69) is 46.8 Å². The smallest absolute Gasteiger partial charge is 0.339 e.